The zero-order chi connectivity index (χ0) is 11.2. The Morgan fingerprint density at radius 3 is 1.69 bits per heavy atom. The fourth-order valence-electron chi connectivity index (χ4n) is 4.14. The van der Waals surface area contributed by atoms with E-state index in [9.17, 15) is 0 Å². The van der Waals surface area contributed by atoms with Crippen LogP contribution in [-0.4, -0.2) is 0 Å². The zero-order valence-electron chi connectivity index (χ0n) is 11.2. The van der Waals surface area contributed by atoms with E-state index in [1.54, 1.807) is 19.3 Å². The minimum Gasteiger partial charge on any atom is -0.0622 e. The second-order valence-electron chi connectivity index (χ2n) is 6.38. The van der Waals surface area contributed by atoms with Crippen molar-refractivity contribution in [2.24, 2.45) is 17.8 Å². The predicted octanol–water partition coefficient (Wildman–Crippen LogP) is 5.56. The Morgan fingerprint density at radius 1 is 0.562 bits per heavy atom. The molecule has 2 fully saturated rings. The molecule has 2 aliphatic carbocycles. The van der Waals surface area contributed by atoms with Crippen LogP contribution < -0.4 is 0 Å². The lowest BCUT2D eigenvalue weighted by Crippen LogP contribution is -2.25. The smallest absolute Gasteiger partial charge is 0.0360 e. The molecule has 2 atom stereocenters. The summed E-state index contributed by atoms with van der Waals surface area (Å²) in [6.07, 6.45) is 18.3. The van der Waals surface area contributed by atoms with E-state index in [4.69, 9.17) is 0 Å². The summed E-state index contributed by atoms with van der Waals surface area (Å²) in [7, 11) is 0. The summed E-state index contributed by atoms with van der Waals surface area (Å²) in [6, 6.07) is 0. The van der Waals surface area contributed by atoms with Crippen molar-refractivity contribution < 1.29 is 0 Å². The average molecular weight is 222 g/mol. The third-order valence-corrected chi connectivity index (χ3v) is 5.18. The van der Waals surface area contributed by atoms with E-state index in [-0.39, 0.29) is 0 Å². The van der Waals surface area contributed by atoms with Crippen LogP contribution in [0.15, 0.2) is 0 Å². The molecule has 0 heterocycles. The van der Waals surface area contributed by atoms with E-state index in [1.807, 2.05) is 0 Å². The van der Waals surface area contributed by atoms with Gasteiger partial charge in [0, 0.05) is 0 Å². The van der Waals surface area contributed by atoms with Crippen LogP contribution in [0.25, 0.3) is 0 Å². The van der Waals surface area contributed by atoms with Crippen molar-refractivity contribution in [3.63, 3.8) is 0 Å². The van der Waals surface area contributed by atoms with Gasteiger partial charge in [0.15, 0.2) is 0 Å². The lowest BCUT2D eigenvalue weighted by Gasteiger charge is -2.35. The molecular formula is C16H30. The van der Waals surface area contributed by atoms with Gasteiger partial charge in [0.05, 0.1) is 0 Å². The van der Waals surface area contributed by atoms with Crippen molar-refractivity contribution in [3.05, 3.63) is 0 Å². The van der Waals surface area contributed by atoms with E-state index < -0.39 is 0 Å². The predicted molar refractivity (Wildman–Crippen MR) is 71.5 cm³/mol. The SMILES string of the molecule is CC1CCCCC1C1CCCCCCCC1. The van der Waals surface area contributed by atoms with Gasteiger partial charge in [-0.1, -0.05) is 77.6 Å². The van der Waals surface area contributed by atoms with Crippen molar-refractivity contribution in [1.29, 1.82) is 0 Å². The third kappa shape index (κ3) is 3.50. The quantitative estimate of drug-likeness (QED) is 0.544. The fourth-order valence-corrected chi connectivity index (χ4v) is 4.14. The molecule has 0 nitrogen and oxygen atoms in total. The highest BCUT2D eigenvalue weighted by atomic mass is 14.3. The first-order chi connectivity index (χ1) is 7.88. The van der Waals surface area contributed by atoms with E-state index in [1.165, 1.54) is 57.8 Å². The number of hydrogen-bond donors (Lipinski definition) is 0. The van der Waals surface area contributed by atoms with Crippen LogP contribution in [0.1, 0.15) is 84.0 Å². The highest BCUT2D eigenvalue weighted by Gasteiger charge is 2.28. The molecule has 2 aliphatic rings. The lowest BCUT2D eigenvalue weighted by atomic mass is 9.70. The van der Waals surface area contributed by atoms with Crippen LogP contribution >= 0.6 is 0 Å². The van der Waals surface area contributed by atoms with Crippen LogP contribution in [0.3, 0.4) is 0 Å². The molecule has 2 saturated carbocycles. The third-order valence-electron chi connectivity index (χ3n) is 5.18. The van der Waals surface area contributed by atoms with Gasteiger partial charge in [0.1, 0.15) is 0 Å². The van der Waals surface area contributed by atoms with Crippen molar-refractivity contribution in [3.8, 4) is 0 Å². The Labute approximate surface area is 102 Å². The summed E-state index contributed by atoms with van der Waals surface area (Å²) >= 11 is 0. The van der Waals surface area contributed by atoms with E-state index in [0.29, 0.717) is 0 Å². The van der Waals surface area contributed by atoms with Gasteiger partial charge in [0.25, 0.3) is 0 Å². The van der Waals surface area contributed by atoms with Crippen LogP contribution in [0.2, 0.25) is 0 Å². The van der Waals surface area contributed by atoms with Gasteiger partial charge in [0.2, 0.25) is 0 Å². The largest absolute Gasteiger partial charge is 0.0622 e. The molecule has 0 heteroatoms. The average Bonchev–Trinajstić information content (AvgIpc) is 2.43. The molecule has 0 amide bonds. The highest BCUT2D eigenvalue weighted by Crippen LogP contribution is 2.39. The van der Waals surface area contributed by atoms with Gasteiger partial charge in [-0.05, 0) is 24.2 Å². The van der Waals surface area contributed by atoms with Crippen molar-refractivity contribution in [1.82, 2.24) is 0 Å². The van der Waals surface area contributed by atoms with Crippen LogP contribution in [-0.2, 0) is 0 Å². The monoisotopic (exact) mass is 222 g/mol. The molecule has 0 bridgehead atoms. The van der Waals surface area contributed by atoms with Crippen LogP contribution in [0.5, 0.6) is 0 Å². The summed E-state index contributed by atoms with van der Waals surface area (Å²) < 4.78 is 0. The molecule has 0 N–H and O–H groups in total. The standard InChI is InChI=1S/C16H30/c1-14-10-8-9-13-16(14)15-11-6-4-2-3-5-7-12-15/h14-16H,2-13H2,1H3. The minimum absolute atomic E-state index is 1.03. The van der Waals surface area contributed by atoms with Crippen molar-refractivity contribution in [2.45, 2.75) is 84.0 Å². The fraction of sp³-hybridized carbons (Fsp3) is 1.00. The Bertz CT molecular complexity index is 174. The van der Waals surface area contributed by atoms with E-state index >= 15 is 0 Å². The Kier molecular flexibility index (Phi) is 5.19. The molecule has 94 valence electrons. The molecule has 2 rings (SSSR count). The summed E-state index contributed by atoms with van der Waals surface area (Å²) in [5.41, 5.74) is 0. The molecule has 0 spiro atoms. The van der Waals surface area contributed by atoms with Gasteiger partial charge in [-0.2, -0.15) is 0 Å². The zero-order valence-corrected chi connectivity index (χ0v) is 11.2. The van der Waals surface area contributed by atoms with E-state index in [0.717, 1.165) is 17.8 Å². The molecule has 0 radical (unpaired) electrons. The Hall–Kier alpha value is 0. The van der Waals surface area contributed by atoms with Crippen LogP contribution in [0, 0.1) is 17.8 Å². The van der Waals surface area contributed by atoms with Crippen LogP contribution in [0.4, 0.5) is 0 Å². The molecule has 0 aromatic carbocycles. The summed E-state index contributed by atoms with van der Waals surface area (Å²) in [4.78, 5) is 0. The lowest BCUT2D eigenvalue weighted by molar-refractivity contribution is 0.154. The van der Waals surface area contributed by atoms with Gasteiger partial charge >= 0.3 is 0 Å². The first kappa shape index (κ1) is 12.5. The first-order valence-electron chi connectivity index (χ1n) is 7.88. The molecule has 16 heavy (non-hydrogen) atoms. The van der Waals surface area contributed by atoms with Gasteiger partial charge < -0.3 is 0 Å². The second-order valence-corrected chi connectivity index (χ2v) is 6.38. The van der Waals surface area contributed by atoms with Crippen molar-refractivity contribution in [2.75, 3.05) is 0 Å². The highest BCUT2D eigenvalue weighted by molar-refractivity contribution is 4.79. The topological polar surface area (TPSA) is 0 Å². The molecule has 2 unspecified atom stereocenters. The number of rotatable bonds is 1. The first-order valence-corrected chi connectivity index (χ1v) is 7.88. The molecule has 0 aliphatic heterocycles. The number of hydrogen-bond acceptors (Lipinski definition) is 0. The molecule has 0 saturated heterocycles. The maximum atomic E-state index is 2.52. The molecular weight excluding hydrogens is 192 g/mol. The summed E-state index contributed by atoms with van der Waals surface area (Å²) in [6.45, 7) is 2.52. The van der Waals surface area contributed by atoms with Gasteiger partial charge in [-0.15, -0.1) is 0 Å². The summed E-state index contributed by atoms with van der Waals surface area (Å²) in [5.74, 6) is 3.21. The molecule has 0 aromatic heterocycles. The maximum Gasteiger partial charge on any atom is -0.0360 e. The molecule has 0 aromatic rings. The maximum absolute atomic E-state index is 2.52. The Morgan fingerprint density at radius 2 is 1.06 bits per heavy atom. The van der Waals surface area contributed by atoms with Crippen molar-refractivity contribution >= 4 is 0 Å². The van der Waals surface area contributed by atoms with Gasteiger partial charge in [-0.25, -0.2) is 0 Å². The normalized spacial score (nSPS) is 35.1. The summed E-state index contributed by atoms with van der Waals surface area (Å²) in [5, 5.41) is 0. The van der Waals surface area contributed by atoms with E-state index in [2.05, 4.69) is 6.92 Å². The van der Waals surface area contributed by atoms with Gasteiger partial charge in [-0.3, -0.25) is 0 Å². The second kappa shape index (κ2) is 6.67. The minimum atomic E-state index is 1.03. The Balaban J connectivity index is 1.88.